The molecule has 0 aliphatic heterocycles. The molecule has 0 aliphatic rings. The minimum atomic E-state index is 0.00139. The van der Waals surface area contributed by atoms with E-state index in [1.165, 1.54) is 7.11 Å². The summed E-state index contributed by atoms with van der Waals surface area (Å²) in [5, 5.41) is 0. The van der Waals surface area contributed by atoms with E-state index >= 15 is 0 Å². The number of rotatable bonds is 3. The van der Waals surface area contributed by atoms with E-state index in [2.05, 4.69) is 6.07 Å². The van der Waals surface area contributed by atoms with E-state index in [0.29, 0.717) is 5.56 Å². The highest BCUT2D eigenvalue weighted by Gasteiger charge is 2.01. The Hall–Kier alpha value is -1.15. The highest BCUT2D eigenvalue weighted by Crippen LogP contribution is 1.98. The predicted octanol–water partition coefficient (Wildman–Crippen LogP) is 1.32. The van der Waals surface area contributed by atoms with E-state index in [0.717, 1.165) is 0 Å². The van der Waals surface area contributed by atoms with E-state index in [4.69, 9.17) is 4.74 Å². The van der Waals surface area contributed by atoms with E-state index in [-0.39, 0.29) is 12.4 Å². The molecule has 0 aliphatic carbocycles. The third-order valence-electron chi connectivity index (χ3n) is 1.32. The summed E-state index contributed by atoms with van der Waals surface area (Å²) in [6.45, 7) is 0.143. The molecule has 0 fully saturated rings. The molecular formula is C9H9O2. The summed E-state index contributed by atoms with van der Waals surface area (Å²) < 4.78 is 4.70. The van der Waals surface area contributed by atoms with Crippen LogP contribution in [0, 0.1) is 6.07 Å². The zero-order valence-corrected chi connectivity index (χ0v) is 6.33. The first kappa shape index (κ1) is 7.95. The lowest BCUT2D eigenvalue weighted by molar-refractivity contribution is 0.0848. The third-order valence-corrected chi connectivity index (χ3v) is 1.32. The second kappa shape index (κ2) is 3.88. The van der Waals surface area contributed by atoms with Gasteiger partial charge in [0.25, 0.3) is 0 Å². The van der Waals surface area contributed by atoms with Crippen LogP contribution in [0.4, 0.5) is 0 Å². The molecule has 0 saturated carbocycles. The number of benzene rings is 1. The zero-order chi connectivity index (χ0) is 8.10. The summed E-state index contributed by atoms with van der Waals surface area (Å²) in [4.78, 5) is 11.1. The fraction of sp³-hybridized carbons (Fsp3) is 0.222. The van der Waals surface area contributed by atoms with Crippen LogP contribution in [0.5, 0.6) is 0 Å². The highest BCUT2D eigenvalue weighted by atomic mass is 16.5. The van der Waals surface area contributed by atoms with Gasteiger partial charge in [-0.1, -0.05) is 24.3 Å². The predicted molar refractivity (Wildman–Crippen MR) is 41.5 cm³/mol. The Morgan fingerprint density at radius 3 is 2.73 bits per heavy atom. The van der Waals surface area contributed by atoms with Crippen LogP contribution in [0.1, 0.15) is 10.4 Å². The van der Waals surface area contributed by atoms with E-state index in [1.807, 2.05) is 0 Å². The molecule has 2 heteroatoms. The van der Waals surface area contributed by atoms with Crippen molar-refractivity contribution >= 4 is 5.78 Å². The third kappa shape index (κ3) is 2.16. The van der Waals surface area contributed by atoms with Crippen LogP contribution in [0.25, 0.3) is 0 Å². The van der Waals surface area contributed by atoms with Crippen molar-refractivity contribution in [2.45, 2.75) is 0 Å². The molecule has 0 heterocycles. The number of hydrogen-bond acceptors (Lipinski definition) is 2. The standard InChI is InChI=1S/C9H9O2/c1-11-7-9(10)8-5-3-2-4-6-8/h3-6H,7H2,1H3. The molecule has 0 amide bonds. The molecule has 11 heavy (non-hydrogen) atoms. The van der Waals surface area contributed by atoms with Crippen LogP contribution >= 0.6 is 0 Å². The summed E-state index contributed by atoms with van der Waals surface area (Å²) in [7, 11) is 1.51. The van der Waals surface area contributed by atoms with Crippen molar-refractivity contribution in [1.29, 1.82) is 0 Å². The maximum Gasteiger partial charge on any atom is 0.188 e. The molecule has 2 nitrogen and oxygen atoms in total. The first-order valence-corrected chi connectivity index (χ1v) is 3.33. The quantitative estimate of drug-likeness (QED) is 0.606. The van der Waals surface area contributed by atoms with Crippen molar-refractivity contribution in [2.75, 3.05) is 13.7 Å². The smallest absolute Gasteiger partial charge is 0.188 e. The average molecular weight is 149 g/mol. The average Bonchev–Trinajstić information content (AvgIpc) is 2.07. The molecule has 0 unspecified atom stereocenters. The van der Waals surface area contributed by atoms with Gasteiger partial charge in [0.15, 0.2) is 5.78 Å². The number of ketones is 1. The largest absolute Gasteiger partial charge is 0.377 e. The Balaban J connectivity index is 2.69. The van der Waals surface area contributed by atoms with Gasteiger partial charge in [-0.2, -0.15) is 0 Å². The molecule has 0 saturated heterocycles. The summed E-state index contributed by atoms with van der Waals surface area (Å²) in [6, 6.07) is 9.71. The molecule has 0 bridgehead atoms. The van der Waals surface area contributed by atoms with E-state index in [9.17, 15) is 4.79 Å². The lowest BCUT2D eigenvalue weighted by Gasteiger charge is -1.96. The normalized spacial score (nSPS) is 9.55. The Bertz CT molecular complexity index is 229. The number of carbonyl (C=O) groups excluding carboxylic acids is 1. The molecule has 1 rings (SSSR count). The van der Waals surface area contributed by atoms with Gasteiger partial charge in [-0.25, -0.2) is 0 Å². The molecule has 0 spiro atoms. The number of ether oxygens (including phenoxy) is 1. The van der Waals surface area contributed by atoms with Gasteiger partial charge in [0.2, 0.25) is 0 Å². The summed E-state index contributed by atoms with van der Waals surface area (Å²) in [5.41, 5.74) is 0.672. The van der Waals surface area contributed by atoms with E-state index < -0.39 is 0 Å². The zero-order valence-electron chi connectivity index (χ0n) is 6.33. The summed E-state index contributed by atoms with van der Waals surface area (Å²) >= 11 is 0. The van der Waals surface area contributed by atoms with Gasteiger partial charge in [-0.15, -0.1) is 0 Å². The molecule has 0 N–H and O–H groups in total. The lowest BCUT2D eigenvalue weighted by Crippen LogP contribution is -2.06. The van der Waals surface area contributed by atoms with E-state index in [1.54, 1.807) is 24.3 Å². The van der Waals surface area contributed by atoms with Gasteiger partial charge in [0.05, 0.1) is 0 Å². The molecule has 0 aromatic heterocycles. The topological polar surface area (TPSA) is 26.3 Å². The highest BCUT2D eigenvalue weighted by molar-refractivity contribution is 5.96. The maximum atomic E-state index is 11.1. The van der Waals surface area contributed by atoms with Gasteiger partial charge in [-0.3, -0.25) is 4.79 Å². The number of Topliss-reactive ketones (excluding diaryl/α,β-unsaturated/α-hetero) is 1. The van der Waals surface area contributed by atoms with Crippen LogP contribution in [0.15, 0.2) is 24.3 Å². The monoisotopic (exact) mass is 149 g/mol. The van der Waals surface area contributed by atoms with Gasteiger partial charge in [-0.05, 0) is 6.07 Å². The van der Waals surface area contributed by atoms with Crippen LogP contribution < -0.4 is 0 Å². The SMILES string of the molecule is COCC(=O)c1cc[c]cc1. The van der Waals surface area contributed by atoms with Crippen LogP contribution in [-0.2, 0) is 4.74 Å². The Morgan fingerprint density at radius 2 is 2.18 bits per heavy atom. The van der Waals surface area contributed by atoms with Crippen molar-refractivity contribution in [3.05, 3.63) is 35.9 Å². The van der Waals surface area contributed by atoms with Crippen LogP contribution in [-0.4, -0.2) is 19.5 Å². The molecule has 1 radical (unpaired) electrons. The Labute approximate surface area is 65.8 Å². The first-order chi connectivity index (χ1) is 5.34. The van der Waals surface area contributed by atoms with Gasteiger partial charge in [0.1, 0.15) is 6.61 Å². The lowest BCUT2D eigenvalue weighted by atomic mass is 10.1. The fourth-order valence-corrected chi connectivity index (χ4v) is 0.787. The van der Waals surface area contributed by atoms with Gasteiger partial charge in [0, 0.05) is 12.7 Å². The van der Waals surface area contributed by atoms with Crippen molar-refractivity contribution in [1.82, 2.24) is 0 Å². The summed E-state index contributed by atoms with van der Waals surface area (Å²) in [6.07, 6.45) is 0. The second-order valence-corrected chi connectivity index (χ2v) is 2.14. The van der Waals surface area contributed by atoms with Crippen LogP contribution in [0.2, 0.25) is 0 Å². The molecule has 0 atom stereocenters. The van der Waals surface area contributed by atoms with Crippen molar-refractivity contribution in [2.24, 2.45) is 0 Å². The van der Waals surface area contributed by atoms with Crippen molar-refractivity contribution < 1.29 is 9.53 Å². The Morgan fingerprint density at radius 1 is 1.55 bits per heavy atom. The summed E-state index contributed by atoms with van der Waals surface area (Å²) in [5.74, 6) is 0.00139. The number of methoxy groups -OCH3 is 1. The Kier molecular flexibility index (Phi) is 2.81. The van der Waals surface area contributed by atoms with Crippen LogP contribution in [0.3, 0.4) is 0 Å². The molecule has 1 aromatic carbocycles. The van der Waals surface area contributed by atoms with Gasteiger partial charge < -0.3 is 4.74 Å². The number of carbonyl (C=O) groups is 1. The van der Waals surface area contributed by atoms with Crippen molar-refractivity contribution in [3.8, 4) is 0 Å². The van der Waals surface area contributed by atoms with Gasteiger partial charge >= 0.3 is 0 Å². The minimum Gasteiger partial charge on any atom is -0.377 e. The minimum absolute atomic E-state index is 0.00139. The molecule has 1 aromatic rings. The number of hydrogen-bond donors (Lipinski definition) is 0. The maximum absolute atomic E-state index is 11.1. The molecule has 57 valence electrons. The first-order valence-electron chi connectivity index (χ1n) is 3.33. The molecular weight excluding hydrogens is 140 g/mol. The fourth-order valence-electron chi connectivity index (χ4n) is 0.787. The second-order valence-electron chi connectivity index (χ2n) is 2.14. The van der Waals surface area contributed by atoms with Crippen molar-refractivity contribution in [3.63, 3.8) is 0 Å².